The lowest BCUT2D eigenvalue weighted by atomic mass is 10.1. The van der Waals surface area contributed by atoms with E-state index in [0.29, 0.717) is 5.56 Å². The first-order valence-corrected chi connectivity index (χ1v) is 6.38. The lowest BCUT2D eigenvalue weighted by Crippen LogP contribution is -2.42. The van der Waals surface area contributed by atoms with E-state index < -0.39 is 17.9 Å². The van der Waals surface area contributed by atoms with Gasteiger partial charge in [-0.3, -0.25) is 4.79 Å². The summed E-state index contributed by atoms with van der Waals surface area (Å²) in [5, 5.41) is 20.7. The molecule has 0 aliphatic heterocycles. The van der Waals surface area contributed by atoms with Gasteiger partial charge in [-0.1, -0.05) is 12.1 Å². The van der Waals surface area contributed by atoms with Crippen LogP contribution < -0.4 is 5.32 Å². The van der Waals surface area contributed by atoms with Gasteiger partial charge in [0, 0.05) is 6.42 Å². The van der Waals surface area contributed by atoms with Gasteiger partial charge in [0.25, 0.3) is 5.91 Å². The first-order chi connectivity index (χ1) is 9.56. The van der Waals surface area contributed by atoms with E-state index in [1.807, 2.05) is 0 Å². The second-order valence-corrected chi connectivity index (χ2v) is 4.58. The molecular formula is C12H11N3O4S. The molecule has 0 aliphatic carbocycles. The number of aromatic hydroxyl groups is 1. The molecule has 0 spiro atoms. The average Bonchev–Trinajstić information content (AvgIpc) is 2.94. The van der Waals surface area contributed by atoms with Crippen LogP contribution in [0.2, 0.25) is 0 Å². The Hall–Kier alpha value is -2.48. The standard InChI is InChI=1S/C12H11N3O4S/c16-8-3-1-7(2-4-8)5-9(12(18)19)14-11(17)10-6-13-20-15-10/h1-4,6,9,16H,5H2,(H,14,17)(H,18,19)/t9-/m1/s1. The van der Waals surface area contributed by atoms with Gasteiger partial charge in [0.1, 0.15) is 11.8 Å². The lowest BCUT2D eigenvalue weighted by molar-refractivity contribution is -0.139. The van der Waals surface area contributed by atoms with Crippen molar-refractivity contribution >= 4 is 23.6 Å². The molecule has 1 amide bonds. The summed E-state index contributed by atoms with van der Waals surface area (Å²) in [6, 6.07) is 5.04. The van der Waals surface area contributed by atoms with Crippen molar-refractivity contribution in [2.24, 2.45) is 0 Å². The Labute approximate surface area is 118 Å². The summed E-state index contributed by atoms with van der Waals surface area (Å²) in [5.74, 6) is -1.63. The minimum absolute atomic E-state index is 0.0898. The molecular weight excluding hydrogens is 282 g/mol. The minimum atomic E-state index is -1.14. The fourth-order valence-electron chi connectivity index (χ4n) is 1.56. The maximum absolute atomic E-state index is 11.8. The van der Waals surface area contributed by atoms with Crippen molar-refractivity contribution in [1.82, 2.24) is 14.1 Å². The molecule has 2 rings (SSSR count). The quantitative estimate of drug-likeness (QED) is 0.747. The molecule has 8 heteroatoms. The SMILES string of the molecule is O=C(N[C@H](Cc1ccc(O)cc1)C(=O)O)c1cnsn1. The monoisotopic (exact) mass is 293 g/mol. The van der Waals surface area contributed by atoms with Crippen LogP contribution in [-0.2, 0) is 11.2 Å². The lowest BCUT2D eigenvalue weighted by Gasteiger charge is -2.13. The van der Waals surface area contributed by atoms with Crippen molar-refractivity contribution in [3.05, 3.63) is 41.7 Å². The molecule has 0 bridgehead atoms. The minimum Gasteiger partial charge on any atom is -0.508 e. The van der Waals surface area contributed by atoms with Gasteiger partial charge in [0.2, 0.25) is 0 Å². The number of aliphatic carboxylic acids is 1. The smallest absolute Gasteiger partial charge is 0.326 e. The summed E-state index contributed by atoms with van der Waals surface area (Å²) in [5.41, 5.74) is 0.777. The first kappa shape index (κ1) is 13.9. The van der Waals surface area contributed by atoms with Crippen LogP contribution in [0.1, 0.15) is 16.1 Å². The number of carboxylic acid groups (broad SMARTS) is 1. The van der Waals surface area contributed by atoms with Crippen LogP contribution in [0.3, 0.4) is 0 Å². The van der Waals surface area contributed by atoms with E-state index in [4.69, 9.17) is 5.11 Å². The fraction of sp³-hybridized carbons (Fsp3) is 0.167. The second-order valence-electron chi connectivity index (χ2n) is 4.03. The molecule has 3 N–H and O–H groups in total. The highest BCUT2D eigenvalue weighted by molar-refractivity contribution is 6.99. The van der Waals surface area contributed by atoms with E-state index in [-0.39, 0.29) is 17.9 Å². The second kappa shape index (κ2) is 6.11. The van der Waals surface area contributed by atoms with E-state index >= 15 is 0 Å². The van der Waals surface area contributed by atoms with Crippen molar-refractivity contribution in [2.45, 2.75) is 12.5 Å². The Balaban J connectivity index is 2.06. The molecule has 104 valence electrons. The Morgan fingerprint density at radius 1 is 1.30 bits per heavy atom. The number of phenolic OH excluding ortho intramolecular Hbond substituents is 1. The van der Waals surface area contributed by atoms with Gasteiger partial charge in [-0.2, -0.15) is 8.75 Å². The van der Waals surface area contributed by atoms with E-state index in [1.54, 1.807) is 12.1 Å². The van der Waals surface area contributed by atoms with Gasteiger partial charge in [-0.15, -0.1) is 0 Å². The van der Waals surface area contributed by atoms with Crippen LogP contribution >= 0.6 is 11.7 Å². The predicted octanol–water partition coefficient (Wildman–Crippen LogP) is 0.669. The first-order valence-electron chi connectivity index (χ1n) is 5.65. The Morgan fingerprint density at radius 2 is 2.00 bits per heavy atom. The Morgan fingerprint density at radius 3 is 2.55 bits per heavy atom. The number of carbonyl (C=O) groups is 2. The molecule has 1 aromatic heterocycles. The predicted molar refractivity (Wildman–Crippen MR) is 70.6 cm³/mol. The van der Waals surface area contributed by atoms with Crippen LogP contribution in [0, 0.1) is 0 Å². The number of carbonyl (C=O) groups excluding carboxylic acids is 1. The van der Waals surface area contributed by atoms with Gasteiger partial charge < -0.3 is 15.5 Å². The molecule has 1 heterocycles. The van der Waals surface area contributed by atoms with E-state index in [0.717, 1.165) is 11.7 Å². The molecule has 0 aliphatic rings. The zero-order valence-electron chi connectivity index (χ0n) is 10.2. The number of phenols is 1. The van der Waals surface area contributed by atoms with Crippen LogP contribution in [0.15, 0.2) is 30.5 Å². The number of carboxylic acids is 1. The summed E-state index contributed by atoms with van der Waals surface area (Å²) in [6.45, 7) is 0. The highest BCUT2D eigenvalue weighted by Crippen LogP contribution is 2.11. The molecule has 0 radical (unpaired) electrons. The number of benzene rings is 1. The zero-order valence-corrected chi connectivity index (χ0v) is 11.0. The number of aromatic nitrogens is 2. The van der Waals surface area contributed by atoms with Crippen LogP contribution in [-0.4, -0.2) is 36.9 Å². The van der Waals surface area contributed by atoms with Gasteiger partial charge >= 0.3 is 5.97 Å². The topological polar surface area (TPSA) is 112 Å². The van der Waals surface area contributed by atoms with E-state index in [1.165, 1.54) is 18.3 Å². The van der Waals surface area contributed by atoms with Crippen molar-refractivity contribution in [1.29, 1.82) is 0 Å². The van der Waals surface area contributed by atoms with Crippen LogP contribution in [0.25, 0.3) is 0 Å². The zero-order chi connectivity index (χ0) is 14.5. The Bertz CT molecular complexity index is 598. The highest BCUT2D eigenvalue weighted by Gasteiger charge is 2.22. The third-order valence-corrected chi connectivity index (χ3v) is 3.05. The number of hydrogen-bond donors (Lipinski definition) is 3. The van der Waals surface area contributed by atoms with E-state index in [9.17, 15) is 14.7 Å². The van der Waals surface area contributed by atoms with Crippen LogP contribution in [0.5, 0.6) is 5.75 Å². The largest absolute Gasteiger partial charge is 0.508 e. The molecule has 0 unspecified atom stereocenters. The molecule has 0 fully saturated rings. The number of nitrogens with one attached hydrogen (secondary N) is 1. The van der Waals surface area contributed by atoms with Crippen molar-refractivity contribution in [2.75, 3.05) is 0 Å². The summed E-state index contributed by atoms with van der Waals surface area (Å²) in [4.78, 5) is 22.9. The molecule has 7 nitrogen and oxygen atoms in total. The fourth-order valence-corrected chi connectivity index (χ4v) is 1.98. The van der Waals surface area contributed by atoms with Gasteiger partial charge in [0.15, 0.2) is 5.69 Å². The maximum atomic E-state index is 11.8. The number of amides is 1. The van der Waals surface area contributed by atoms with Gasteiger partial charge in [0.05, 0.1) is 17.9 Å². The van der Waals surface area contributed by atoms with Crippen LogP contribution in [0.4, 0.5) is 0 Å². The van der Waals surface area contributed by atoms with Crippen molar-refractivity contribution in [3.63, 3.8) is 0 Å². The molecule has 2 aromatic rings. The molecule has 1 atom stereocenters. The van der Waals surface area contributed by atoms with E-state index in [2.05, 4.69) is 14.1 Å². The number of hydrogen-bond acceptors (Lipinski definition) is 6. The molecule has 0 saturated carbocycles. The normalized spacial score (nSPS) is 11.8. The summed E-state index contributed by atoms with van der Waals surface area (Å²) in [6.07, 6.45) is 1.39. The Kier molecular flexibility index (Phi) is 4.26. The van der Waals surface area contributed by atoms with Gasteiger partial charge in [-0.25, -0.2) is 4.79 Å². The third kappa shape index (κ3) is 3.51. The number of nitrogens with zero attached hydrogens (tertiary/aromatic N) is 2. The summed E-state index contributed by atoms with van der Waals surface area (Å²) in [7, 11) is 0. The van der Waals surface area contributed by atoms with Crippen molar-refractivity contribution < 1.29 is 19.8 Å². The average molecular weight is 293 g/mol. The molecule has 1 aromatic carbocycles. The molecule has 0 saturated heterocycles. The highest BCUT2D eigenvalue weighted by atomic mass is 32.1. The van der Waals surface area contributed by atoms with Gasteiger partial charge in [-0.05, 0) is 17.7 Å². The maximum Gasteiger partial charge on any atom is 0.326 e. The van der Waals surface area contributed by atoms with Crippen molar-refractivity contribution in [3.8, 4) is 5.75 Å². The third-order valence-electron chi connectivity index (χ3n) is 2.57. The summed E-state index contributed by atoms with van der Waals surface area (Å²) >= 11 is 0.873. The summed E-state index contributed by atoms with van der Waals surface area (Å²) < 4.78 is 7.42. The molecule has 20 heavy (non-hydrogen) atoms. The number of rotatable bonds is 5.